The summed E-state index contributed by atoms with van der Waals surface area (Å²) in [6.07, 6.45) is 11.2. The predicted octanol–water partition coefficient (Wildman–Crippen LogP) is 14.3. The Morgan fingerprint density at radius 2 is 1.36 bits per heavy atom. The molecule has 55 heavy (non-hydrogen) atoms. The van der Waals surface area contributed by atoms with Crippen LogP contribution in [0.2, 0.25) is 0 Å². The minimum Gasteiger partial charge on any atom is -0.379 e. The van der Waals surface area contributed by atoms with Crippen LogP contribution in [0.1, 0.15) is 42.0 Å². The number of allylic oxidation sites excluding steroid dienone is 4. The van der Waals surface area contributed by atoms with Gasteiger partial charge < -0.3 is 5.32 Å². The summed E-state index contributed by atoms with van der Waals surface area (Å²) in [6.45, 7) is 7.61. The third-order valence-corrected chi connectivity index (χ3v) is 14.8. The van der Waals surface area contributed by atoms with Gasteiger partial charge in [-0.15, -0.1) is 23.1 Å². The Morgan fingerprint density at radius 1 is 0.655 bits per heavy atom. The number of benzene rings is 6. The molecule has 0 amide bonds. The van der Waals surface area contributed by atoms with Crippen LogP contribution in [0, 0.1) is 6.92 Å². The van der Waals surface area contributed by atoms with Crippen molar-refractivity contribution in [1.82, 2.24) is 4.98 Å². The number of rotatable bonds is 4. The largest absolute Gasteiger partial charge is 0.379 e. The van der Waals surface area contributed by atoms with Gasteiger partial charge in [0, 0.05) is 65.0 Å². The van der Waals surface area contributed by atoms with Crippen molar-refractivity contribution < 1.29 is 0 Å². The highest BCUT2D eigenvalue weighted by molar-refractivity contribution is 8.01. The Bertz CT molecular complexity index is 2980. The van der Waals surface area contributed by atoms with Crippen LogP contribution in [0.25, 0.3) is 75.6 Å². The summed E-state index contributed by atoms with van der Waals surface area (Å²) in [4.78, 5) is 6.51. The van der Waals surface area contributed by atoms with Crippen LogP contribution in [-0.2, 0) is 0 Å². The number of aryl methyl sites for hydroxylation is 1. The Labute approximate surface area is 330 Å². The second-order valence-corrected chi connectivity index (χ2v) is 18.0. The molecule has 4 heteroatoms. The third kappa shape index (κ3) is 5.19. The van der Waals surface area contributed by atoms with Crippen LogP contribution in [-0.4, -0.2) is 16.3 Å². The van der Waals surface area contributed by atoms with E-state index in [2.05, 4.69) is 178 Å². The van der Waals surface area contributed by atoms with E-state index in [9.17, 15) is 0 Å². The third-order valence-electron chi connectivity index (χ3n) is 12.2. The summed E-state index contributed by atoms with van der Waals surface area (Å²) in [7, 11) is 0. The smallest absolute Gasteiger partial charge is 0.0942 e. The molecule has 264 valence electrons. The molecule has 2 aliphatic heterocycles. The molecule has 1 aliphatic carbocycles. The zero-order valence-electron chi connectivity index (χ0n) is 31.0. The Kier molecular flexibility index (Phi) is 7.39. The van der Waals surface area contributed by atoms with Crippen molar-refractivity contribution in [3.05, 3.63) is 174 Å². The molecule has 0 saturated carbocycles. The second-order valence-electron chi connectivity index (χ2n) is 15.4. The number of nitrogens with zero attached hydrogens (tertiary/aromatic N) is 1. The molecular weight excluding hydrogens is 705 g/mol. The molecule has 6 aromatic carbocycles. The number of hydrogen-bond acceptors (Lipinski definition) is 4. The molecule has 0 radical (unpaired) electrons. The van der Waals surface area contributed by atoms with Crippen LogP contribution in [0.4, 0.5) is 5.69 Å². The molecule has 11 rings (SSSR count). The summed E-state index contributed by atoms with van der Waals surface area (Å²) in [5.41, 5.74) is 17.3. The zero-order chi connectivity index (χ0) is 36.8. The molecule has 3 aliphatic rings. The van der Waals surface area contributed by atoms with Crippen molar-refractivity contribution in [2.24, 2.45) is 0 Å². The van der Waals surface area contributed by atoms with Crippen molar-refractivity contribution in [2.45, 2.75) is 36.3 Å². The number of hydrogen-bond donors (Lipinski definition) is 1. The van der Waals surface area contributed by atoms with Crippen LogP contribution >= 0.6 is 23.1 Å². The van der Waals surface area contributed by atoms with Gasteiger partial charge in [0.15, 0.2) is 0 Å². The maximum Gasteiger partial charge on any atom is 0.0942 e. The lowest BCUT2D eigenvalue weighted by molar-refractivity contribution is 0.702. The fraction of sp³-hybridized carbons (Fsp3) is 0.118. The van der Waals surface area contributed by atoms with E-state index in [0.717, 1.165) is 17.7 Å². The Morgan fingerprint density at radius 3 is 2.20 bits per heavy atom. The minimum absolute atomic E-state index is 0.107. The molecule has 2 nitrogen and oxygen atoms in total. The summed E-state index contributed by atoms with van der Waals surface area (Å²) in [5.74, 6) is 0.417. The molecule has 1 N–H and O–H groups in total. The van der Waals surface area contributed by atoms with E-state index in [1.807, 2.05) is 23.1 Å². The molecule has 2 aromatic heterocycles. The standard InChI is InChI=1S/C51H38N2S2/c1-30-38-21-22-39-31(2)44(35-17-13-33(14-18-35)37-20-24-48-42(27-37)45-9-6-7-25-51(45,3)55-48)29-53-50(39)49(38)52-28-43(30)34-15-11-32(12-16-34)36-19-23-47-41(26-36)40-8-4-5-10-46(40)54-47/h4-27,29,45,52H,28H2,1-3H3. The predicted molar refractivity (Wildman–Crippen MR) is 238 cm³/mol. The Balaban J connectivity index is 0.870. The summed E-state index contributed by atoms with van der Waals surface area (Å²) >= 11 is 3.85. The van der Waals surface area contributed by atoms with E-state index >= 15 is 0 Å². The van der Waals surface area contributed by atoms with Gasteiger partial charge in [-0.05, 0) is 107 Å². The highest BCUT2D eigenvalue weighted by Gasteiger charge is 2.41. The molecule has 2 atom stereocenters. The first-order chi connectivity index (χ1) is 26.9. The van der Waals surface area contributed by atoms with Crippen molar-refractivity contribution in [3.63, 3.8) is 0 Å². The monoisotopic (exact) mass is 742 g/mol. The van der Waals surface area contributed by atoms with Gasteiger partial charge >= 0.3 is 0 Å². The van der Waals surface area contributed by atoms with Crippen LogP contribution < -0.4 is 5.32 Å². The molecule has 0 saturated heterocycles. The average molecular weight is 743 g/mol. The van der Waals surface area contributed by atoms with Gasteiger partial charge in [0.2, 0.25) is 0 Å². The first-order valence-electron chi connectivity index (χ1n) is 19.1. The van der Waals surface area contributed by atoms with Crippen LogP contribution in [0.3, 0.4) is 0 Å². The first kappa shape index (κ1) is 32.7. The number of pyridine rings is 1. The van der Waals surface area contributed by atoms with E-state index in [1.165, 1.54) is 97.2 Å². The van der Waals surface area contributed by atoms with Crippen molar-refractivity contribution in [1.29, 1.82) is 0 Å². The number of aromatic nitrogens is 1. The average Bonchev–Trinajstić information content (AvgIpc) is 3.75. The number of thiophene rings is 1. The van der Waals surface area contributed by atoms with E-state index < -0.39 is 0 Å². The van der Waals surface area contributed by atoms with E-state index in [4.69, 9.17) is 4.98 Å². The maximum absolute atomic E-state index is 5.11. The summed E-state index contributed by atoms with van der Waals surface area (Å²) < 4.78 is 2.79. The lowest BCUT2D eigenvalue weighted by Crippen LogP contribution is -2.22. The summed E-state index contributed by atoms with van der Waals surface area (Å²) in [6, 6.07) is 45.3. The normalized spacial score (nSPS) is 18.5. The van der Waals surface area contributed by atoms with Gasteiger partial charge in [0.1, 0.15) is 0 Å². The van der Waals surface area contributed by atoms with Crippen molar-refractivity contribution >= 4 is 71.0 Å². The van der Waals surface area contributed by atoms with E-state index in [0.29, 0.717) is 5.92 Å². The molecule has 0 fully saturated rings. The van der Waals surface area contributed by atoms with Gasteiger partial charge in [0.25, 0.3) is 0 Å². The lowest BCUT2D eigenvalue weighted by atomic mass is 9.83. The number of nitrogens with one attached hydrogen (secondary N) is 1. The molecule has 0 bridgehead atoms. The van der Waals surface area contributed by atoms with E-state index in [1.54, 1.807) is 0 Å². The number of fused-ring (bicyclic) bond motifs is 9. The summed E-state index contributed by atoms with van der Waals surface area (Å²) in [5, 5.41) is 7.65. The van der Waals surface area contributed by atoms with Gasteiger partial charge in [-0.25, -0.2) is 0 Å². The van der Waals surface area contributed by atoms with Gasteiger partial charge in [-0.1, -0.05) is 115 Å². The fourth-order valence-corrected chi connectivity index (χ4v) is 11.6. The maximum atomic E-state index is 5.11. The van der Waals surface area contributed by atoms with Gasteiger partial charge in [-0.3, -0.25) is 4.98 Å². The van der Waals surface area contributed by atoms with Crippen LogP contribution in [0.15, 0.2) is 157 Å². The van der Waals surface area contributed by atoms with Crippen molar-refractivity contribution in [3.8, 4) is 33.4 Å². The van der Waals surface area contributed by atoms with Crippen LogP contribution in [0.5, 0.6) is 0 Å². The Hall–Kier alpha value is -5.68. The molecule has 8 aromatic rings. The lowest BCUT2D eigenvalue weighted by Gasteiger charge is -2.27. The molecular formula is C51H38N2S2. The molecule has 2 unspecified atom stereocenters. The zero-order valence-corrected chi connectivity index (χ0v) is 32.6. The first-order valence-corrected chi connectivity index (χ1v) is 20.7. The van der Waals surface area contributed by atoms with Crippen molar-refractivity contribution in [2.75, 3.05) is 11.9 Å². The highest BCUT2D eigenvalue weighted by atomic mass is 32.2. The van der Waals surface area contributed by atoms with E-state index in [-0.39, 0.29) is 4.75 Å². The van der Waals surface area contributed by atoms with Gasteiger partial charge in [-0.2, -0.15) is 0 Å². The number of thioether (sulfide) groups is 1. The van der Waals surface area contributed by atoms with Gasteiger partial charge in [0.05, 0.1) is 11.2 Å². The fourth-order valence-electron chi connectivity index (χ4n) is 9.11. The molecule has 4 heterocycles. The molecule has 0 spiro atoms. The second kappa shape index (κ2) is 12.4. The highest BCUT2D eigenvalue weighted by Crippen LogP contribution is 2.56. The SMILES string of the molecule is CC1=C(c2ccc(-c3ccc4sc5ccccc5c4c3)cc2)CNc2c1ccc1c(C)c(-c3ccc(-c4ccc5c(c4)C4C=CC=CC4(C)S5)cc3)cnc21. The topological polar surface area (TPSA) is 24.9 Å². The minimum atomic E-state index is 0.107. The number of anilines is 1. The quantitative estimate of drug-likeness (QED) is 0.194.